The van der Waals surface area contributed by atoms with E-state index in [2.05, 4.69) is 14.9 Å². The molecule has 3 aromatic carbocycles. The molecule has 0 atom stereocenters. The van der Waals surface area contributed by atoms with Gasteiger partial charge in [-0.05, 0) is 42.5 Å². The maximum Gasteiger partial charge on any atom is 0.263 e. The van der Waals surface area contributed by atoms with Gasteiger partial charge in [0, 0.05) is 22.9 Å². The number of aromatic nitrogens is 2. The molecule has 0 saturated carbocycles. The molecular formula is C20H15F2N3O4S2. The summed E-state index contributed by atoms with van der Waals surface area (Å²) in [6.07, 6.45) is 0.915. The van der Waals surface area contributed by atoms with E-state index in [0.717, 1.165) is 12.3 Å². The molecule has 0 saturated heterocycles. The number of benzene rings is 3. The summed E-state index contributed by atoms with van der Waals surface area (Å²) in [6, 6.07) is 13.2. The van der Waals surface area contributed by atoms with E-state index in [1.54, 1.807) is 0 Å². The quantitative estimate of drug-likeness (QED) is 0.469. The number of nitrogens with zero attached hydrogens (tertiary/aromatic N) is 1. The Labute approximate surface area is 176 Å². The van der Waals surface area contributed by atoms with E-state index in [9.17, 15) is 25.6 Å². The SMILES string of the molecule is CS(=O)(=O)c1ccccc1S(=O)(=O)Nc1ccc2[nH]nc(-c3cccc(F)c3F)c2c1. The van der Waals surface area contributed by atoms with Crippen molar-refractivity contribution >= 4 is 36.5 Å². The Balaban J connectivity index is 1.80. The minimum atomic E-state index is -4.27. The monoisotopic (exact) mass is 463 g/mol. The number of aromatic amines is 1. The molecule has 4 aromatic rings. The second kappa shape index (κ2) is 7.43. The smallest absolute Gasteiger partial charge is 0.263 e. The summed E-state index contributed by atoms with van der Waals surface area (Å²) in [5.41, 5.74) is 0.576. The summed E-state index contributed by atoms with van der Waals surface area (Å²) in [4.78, 5) is -0.740. The summed E-state index contributed by atoms with van der Waals surface area (Å²) >= 11 is 0. The molecule has 0 amide bonds. The van der Waals surface area contributed by atoms with Crippen molar-refractivity contribution in [2.45, 2.75) is 9.79 Å². The maximum absolute atomic E-state index is 14.2. The molecule has 0 fully saturated rings. The van der Waals surface area contributed by atoms with Crippen molar-refractivity contribution in [3.8, 4) is 11.3 Å². The molecule has 7 nitrogen and oxygen atoms in total. The summed E-state index contributed by atoms with van der Waals surface area (Å²) < 4.78 is 80.0. The molecule has 1 aromatic heterocycles. The fourth-order valence-electron chi connectivity index (χ4n) is 3.16. The predicted molar refractivity (Wildman–Crippen MR) is 112 cm³/mol. The molecule has 0 spiro atoms. The Kier molecular flexibility index (Phi) is 5.02. The molecule has 0 aliphatic rings. The number of H-pyrrole nitrogens is 1. The average molecular weight is 463 g/mol. The standard InChI is InChI=1S/C20H15F2N3O4S2/c1-30(26,27)17-7-2-3-8-18(17)31(28,29)25-12-9-10-16-14(11-12)20(24-23-16)13-5-4-6-15(21)19(13)22/h2-11,25H,1H3,(H,23,24). The van der Waals surface area contributed by atoms with Gasteiger partial charge < -0.3 is 0 Å². The highest BCUT2D eigenvalue weighted by Crippen LogP contribution is 2.32. The van der Waals surface area contributed by atoms with Crippen molar-refractivity contribution in [3.05, 3.63) is 72.3 Å². The van der Waals surface area contributed by atoms with Crippen LogP contribution in [-0.4, -0.2) is 33.3 Å². The largest absolute Gasteiger partial charge is 0.280 e. The zero-order valence-corrected chi connectivity index (χ0v) is 17.6. The van der Waals surface area contributed by atoms with Crippen molar-refractivity contribution in [2.24, 2.45) is 0 Å². The number of hydrogen-bond acceptors (Lipinski definition) is 5. The predicted octanol–water partition coefficient (Wildman–Crippen LogP) is 3.71. The Bertz CT molecular complexity index is 1530. The van der Waals surface area contributed by atoms with Gasteiger partial charge in [0.05, 0.1) is 10.4 Å². The minimum Gasteiger partial charge on any atom is -0.280 e. The number of sulfonamides is 1. The molecule has 0 aliphatic carbocycles. The van der Waals surface area contributed by atoms with E-state index in [0.29, 0.717) is 10.9 Å². The van der Waals surface area contributed by atoms with Gasteiger partial charge in [-0.3, -0.25) is 9.82 Å². The van der Waals surface area contributed by atoms with E-state index >= 15 is 0 Å². The van der Waals surface area contributed by atoms with Gasteiger partial charge in [0.15, 0.2) is 21.5 Å². The van der Waals surface area contributed by atoms with Gasteiger partial charge in [-0.15, -0.1) is 0 Å². The summed E-state index contributed by atoms with van der Waals surface area (Å²) in [5, 5.41) is 7.06. The Morgan fingerprint density at radius 2 is 1.61 bits per heavy atom. The summed E-state index contributed by atoms with van der Waals surface area (Å²) in [5.74, 6) is -2.12. The molecular weight excluding hydrogens is 448 g/mol. The molecule has 31 heavy (non-hydrogen) atoms. The number of rotatable bonds is 5. The Hall–Kier alpha value is -3.31. The van der Waals surface area contributed by atoms with Crippen LogP contribution in [0.15, 0.2) is 70.5 Å². The van der Waals surface area contributed by atoms with E-state index < -0.39 is 36.4 Å². The van der Waals surface area contributed by atoms with Gasteiger partial charge >= 0.3 is 0 Å². The van der Waals surface area contributed by atoms with Gasteiger partial charge in [0.25, 0.3) is 10.0 Å². The number of nitrogens with one attached hydrogen (secondary N) is 2. The summed E-state index contributed by atoms with van der Waals surface area (Å²) in [7, 11) is -8.06. The van der Waals surface area contributed by atoms with Crippen LogP contribution in [0.2, 0.25) is 0 Å². The van der Waals surface area contributed by atoms with E-state index in [4.69, 9.17) is 0 Å². The number of hydrogen-bond donors (Lipinski definition) is 2. The van der Waals surface area contributed by atoms with Gasteiger partial charge in [0.1, 0.15) is 10.6 Å². The van der Waals surface area contributed by atoms with Crippen LogP contribution in [0.5, 0.6) is 0 Å². The first-order chi connectivity index (χ1) is 14.6. The first-order valence-electron chi connectivity index (χ1n) is 8.82. The van der Waals surface area contributed by atoms with Gasteiger partial charge in [-0.2, -0.15) is 5.10 Å². The third-order valence-corrected chi connectivity index (χ3v) is 7.28. The number of sulfone groups is 1. The summed E-state index contributed by atoms with van der Waals surface area (Å²) in [6.45, 7) is 0. The lowest BCUT2D eigenvalue weighted by Gasteiger charge is -2.11. The molecule has 1 heterocycles. The highest BCUT2D eigenvalue weighted by atomic mass is 32.2. The molecule has 0 aliphatic heterocycles. The molecule has 4 rings (SSSR count). The van der Waals surface area contributed by atoms with Crippen molar-refractivity contribution in [2.75, 3.05) is 11.0 Å². The first-order valence-corrected chi connectivity index (χ1v) is 12.2. The minimum absolute atomic E-state index is 0.0892. The van der Waals surface area contributed by atoms with E-state index in [1.807, 2.05) is 0 Å². The second-order valence-corrected chi connectivity index (χ2v) is 10.4. The lowest BCUT2D eigenvalue weighted by molar-refractivity contribution is 0.511. The van der Waals surface area contributed by atoms with Crippen LogP contribution in [0.4, 0.5) is 14.5 Å². The van der Waals surface area contributed by atoms with Crippen molar-refractivity contribution < 1.29 is 25.6 Å². The molecule has 2 N–H and O–H groups in total. The van der Waals surface area contributed by atoms with Gasteiger partial charge in [-0.1, -0.05) is 18.2 Å². The normalized spacial score (nSPS) is 12.2. The fourth-order valence-corrected chi connectivity index (χ4v) is 5.84. The number of halogens is 2. The molecule has 160 valence electrons. The van der Waals surface area contributed by atoms with Crippen molar-refractivity contribution in [1.29, 1.82) is 0 Å². The highest BCUT2D eigenvalue weighted by molar-refractivity contribution is 7.95. The highest BCUT2D eigenvalue weighted by Gasteiger charge is 2.24. The zero-order chi connectivity index (χ0) is 22.4. The Morgan fingerprint density at radius 3 is 2.32 bits per heavy atom. The Morgan fingerprint density at radius 1 is 0.903 bits per heavy atom. The van der Waals surface area contributed by atoms with Gasteiger partial charge in [-0.25, -0.2) is 25.6 Å². The molecule has 0 bridgehead atoms. The zero-order valence-electron chi connectivity index (χ0n) is 15.9. The van der Waals surface area contributed by atoms with E-state index in [1.165, 1.54) is 54.6 Å². The van der Waals surface area contributed by atoms with E-state index in [-0.39, 0.29) is 21.8 Å². The third kappa shape index (κ3) is 3.89. The van der Waals surface area contributed by atoms with Crippen LogP contribution in [0.3, 0.4) is 0 Å². The number of fused-ring (bicyclic) bond motifs is 1. The van der Waals surface area contributed by atoms with Crippen LogP contribution in [-0.2, 0) is 19.9 Å². The molecule has 0 unspecified atom stereocenters. The van der Waals surface area contributed by atoms with Crippen LogP contribution >= 0.6 is 0 Å². The topological polar surface area (TPSA) is 109 Å². The van der Waals surface area contributed by atoms with Crippen LogP contribution in [0.25, 0.3) is 22.2 Å². The molecule has 0 radical (unpaired) electrons. The maximum atomic E-state index is 14.2. The number of anilines is 1. The van der Waals surface area contributed by atoms with Crippen LogP contribution in [0.1, 0.15) is 0 Å². The lowest BCUT2D eigenvalue weighted by Crippen LogP contribution is -2.16. The van der Waals surface area contributed by atoms with Crippen molar-refractivity contribution in [1.82, 2.24) is 10.2 Å². The third-order valence-electron chi connectivity index (χ3n) is 4.56. The van der Waals surface area contributed by atoms with Gasteiger partial charge in [0.2, 0.25) is 0 Å². The average Bonchev–Trinajstić information content (AvgIpc) is 3.12. The van der Waals surface area contributed by atoms with Crippen molar-refractivity contribution in [3.63, 3.8) is 0 Å². The lowest BCUT2D eigenvalue weighted by atomic mass is 10.1. The van der Waals surface area contributed by atoms with Crippen LogP contribution < -0.4 is 4.72 Å². The fraction of sp³-hybridized carbons (Fsp3) is 0.0500. The molecule has 11 heteroatoms. The first kappa shape index (κ1) is 20.9. The van der Waals surface area contributed by atoms with Crippen LogP contribution in [0, 0.1) is 11.6 Å². The second-order valence-electron chi connectivity index (χ2n) is 6.76.